The summed E-state index contributed by atoms with van der Waals surface area (Å²) in [5, 5.41) is 5.39. The standard InChI is InChI=1S/C16H19FN2OS.ClH/c1-20-13-5-2-4-12(15(13)17)16(14-6-3-11-21-14)19-9-7-18-8-10-19;/h2-6,11,16,18H,7-10H2,1H3;1H/t16-;/m0./s1. The SMILES string of the molecule is COc1cccc([C@@H](c2cccs2)N2CCNCC2)c1F.Cl. The van der Waals surface area contributed by atoms with Gasteiger partial charge in [0.25, 0.3) is 0 Å². The molecule has 0 bridgehead atoms. The van der Waals surface area contributed by atoms with Gasteiger partial charge in [0, 0.05) is 36.6 Å². The lowest BCUT2D eigenvalue weighted by molar-refractivity contribution is 0.197. The number of rotatable bonds is 4. The van der Waals surface area contributed by atoms with Gasteiger partial charge in [-0.25, -0.2) is 4.39 Å². The van der Waals surface area contributed by atoms with E-state index in [1.807, 2.05) is 23.6 Å². The Morgan fingerprint density at radius 2 is 2.00 bits per heavy atom. The molecule has 0 unspecified atom stereocenters. The molecular weight excluding hydrogens is 323 g/mol. The maximum atomic E-state index is 14.7. The molecule has 1 aliphatic heterocycles. The van der Waals surface area contributed by atoms with E-state index in [0.717, 1.165) is 26.2 Å². The first kappa shape index (κ1) is 17.2. The van der Waals surface area contributed by atoms with E-state index in [0.29, 0.717) is 11.3 Å². The summed E-state index contributed by atoms with van der Waals surface area (Å²) in [5.41, 5.74) is 0.693. The molecule has 22 heavy (non-hydrogen) atoms. The molecular formula is C16H20ClFN2OS. The van der Waals surface area contributed by atoms with Gasteiger partial charge in [-0.15, -0.1) is 23.7 Å². The Balaban J connectivity index is 0.00000176. The van der Waals surface area contributed by atoms with Gasteiger partial charge >= 0.3 is 0 Å². The molecule has 120 valence electrons. The topological polar surface area (TPSA) is 24.5 Å². The van der Waals surface area contributed by atoms with Crippen LogP contribution in [-0.4, -0.2) is 38.2 Å². The van der Waals surface area contributed by atoms with Gasteiger partial charge in [-0.2, -0.15) is 0 Å². The van der Waals surface area contributed by atoms with Gasteiger partial charge in [0.05, 0.1) is 13.2 Å². The Kier molecular flexibility index (Phi) is 6.20. The van der Waals surface area contributed by atoms with Gasteiger partial charge in [-0.1, -0.05) is 18.2 Å². The summed E-state index contributed by atoms with van der Waals surface area (Å²) < 4.78 is 19.8. The normalized spacial score (nSPS) is 16.8. The maximum Gasteiger partial charge on any atom is 0.170 e. The van der Waals surface area contributed by atoms with E-state index in [2.05, 4.69) is 16.3 Å². The van der Waals surface area contributed by atoms with Crippen LogP contribution < -0.4 is 10.1 Å². The van der Waals surface area contributed by atoms with Crippen LogP contribution in [0.3, 0.4) is 0 Å². The second kappa shape index (κ2) is 7.92. The molecule has 1 N–H and O–H groups in total. The molecule has 0 spiro atoms. The number of thiophene rings is 1. The van der Waals surface area contributed by atoms with Crippen LogP contribution in [0.2, 0.25) is 0 Å². The molecule has 1 aliphatic rings. The Morgan fingerprint density at radius 3 is 2.64 bits per heavy atom. The number of hydrogen-bond acceptors (Lipinski definition) is 4. The van der Waals surface area contributed by atoms with E-state index >= 15 is 0 Å². The fraction of sp³-hybridized carbons (Fsp3) is 0.375. The first-order valence-corrected chi connectivity index (χ1v) is 8.00. The number of nitrogens with one attached hydrogen (secondary N) is 1. The minimum atomic E-state index is -0.253. The molecule has 1 aromatic carbocycles. The summed E-state index contributed by atoms with van der Waals surface area (Å²) >= 11 is 1.67. The molecule has 0 amide bonds. The fourth-order valence-electron chi connectivity index (χ4n) is 2.81. The van der Waals surface area contributed by atoms with Crippen molar-refractivity contribution in [2.24, 2.45) is 0 Å². The zero-order valence-corrected chi connectivity index (χ0v) is 14.1. The number of benzene rings is 1. The van der Waals surface area contributed by atoms with Crippen LogP contribution in [0.25, 0.3) is 0 Å². The zero-order valence-electron chi connectivity index (χ0n) is 12.4. The van der Waals surface area contributed by atoms with Crippen molar-refractivity contribution in [2.45, 2.75) is 6.04 Å². The summed E-state index contributed by atoms with van der Waals surface area (Å²) in [5.74, 6) is 0.0566. The van der Waals surface area contributed by atoms with Gasteiger partial charge in [0.15, 0.2) is 11.6 Å². The van der Waals surface area contributed by atoms with Gasteiger partial charge in [-0.05, 0) is 17.5 Å². The lowest BCUT2D eigenvalue weighted by atomic mass is 10.0. The molecule has 1 saturated heterocycles. The molecule has 6 heteroatoms. The Labute approximate surface area is 140 Å². The predicted molar refractivity (Wildman–Crippen MR) is 90.8 cm³/mol. The fourth-order valence-corrected chi connectivity index (χ4v) is 3.69. The van der Waals surface area contributed by atoms with Gasteiger partial charge in [-0.3, -0.25) is 4.90 Å². The highest BCUT2D eigenvalue weighted by atomic mass is 35.5. The second-order valence-electron chi connectivity index (χ2n) is 5.07. The van der Waals surface area contributed by atoms with Crippen LogP contribution >= 0.6 is 23.7 Å². The molecule has 3 rings (SSSR count). The summed E-state index contributed by atoms with van der Waals surface area (Å²) in [4.78, 5) is 3.50. The first-order valence-electron chi connectivity index (χ1n) is 7.12. The highest BCUT2D eigenvalue weighted by Crippen LogP contribution is 2.35. The summed E-state index contributed by atoms with van der Waals surface area (Å²) in [7, 11) is 1.51. The summed E-state index contributed by atoms with van der Waals surface area (Å²) in [6.07, 6.45) is 0. The third kappa shape index (κ3) is 3.43. The summed E-state index contributed by atoms with van der Waals surface area (Å²) in [6, 6.07) is 9.46. The lowest BCUT2D eigenvalue weighted by Crippen LogP contribution is -2.45. The van der Waals surface area contributed by atoms with Crippen molar-refractivity contribution < 1.29 is 9.13 Å². The van der Waals surface area contributed by atoms with Crippen LogP contribution in [0.4, 0.5) is 4.39 Å². The van der Waals surface area contributed by atoms with E-state index in [1.165, 1.54) is 12.0 Å². The number of halogens is 2. The molecule has 0 radical (unpaired) electrons. The average molecular weight is 343 g/mol. The van der Waals surface area contributed by atoms with Crippen LogP contribution in [0, 0.1) is 5.82 Å². The molecule has 3 nitrogen and oxygen atoms in total. The maximum absolute atomic E-state index is 14.7. The van der Waals surface area contributed by atoms with Crippen molar-refractivity contribution >= 4 is 23.7 Å². The highest BCUT2D eigenvalue weighted by Gasteiger charge is 2.28. The molecule has 2 aromatic rings. The monoisotopic (exact) mass is 342 g/mol. The van der Waals surface area contributed by atoms with Crippen molar-refractivity contribution in [3.8, 4) is 5.75 Å². The predicted octanol–water partition coefficient (Wildman–Crippen LogP) is 3.31. The van der Waals surface area contributed by atoms with E-state index < -0.39 is 0 Å². The van der Waals surface area contributed by atoms with Gasteiger partial charge in [0.1, 0.15) is 0 Å². The van der Waals surface area contributed by atoms with E-state index in [4.69, 9.17) is 4.74 Å². The molecule has 1 aromatic heterocycles. The van der Waals surface area contributed by atoms with E-state index in [-0.39, 0.29) is 24.3 Å². The van der Waals surface area contributed by atoms with Crippen LogP contribution in [0.1, 0.15) is 16.5 Å². The van der Waals surface area contributed by atoms with Crippen LogP contribution in [-0.2, 0) is 0 Å². The Bertz CT molecular complexity index is 588. The highest BCUT2D eigenvalue weighted by molar-refractivity contribution is 7.10. The molecule has 0 aliphatic carbocycles. The molecule has 2 heterocycles. The van der Waals surface area contributed by atoms with Crippen LogP contribution in [0.15, 0.2) is 35.7 Å². The number of nitrogens with zero attached hydrogens (tertiary/aromatic N) is 1. The average Bonchev–Trinajstić information content (AvgIpc) is 3.04. The first-order chi connectivity index (χ1) is 10.3. The van der Waals surface area contributed by atoms with Crippen molar-refractivity contribution in [1.82, 2.24) is 10.2 Å². The van der Waals surface area contributed by atoms with E-state index in [9.17, 15) is 4.39 Å². The molecule has 1 atom stereocenters. The van der Waals surface area contributed by atoms with Gasteiger partial charge < -0.3 is 10.1 Å². The zero-order chi connectivity index (χ0) is 14.7. The number of ether oxygens (including phenoxy) is 1. The molecule has 1 fully saturated rings. The minimum absolute atomic E-state index is 0. The Hall–Kier alpha value is -1.14. The number of methoxy groups -OCH3 is 1. The quantitative estimate of drug-likeness (QED) is 0.922. The number of hydrogen-bond donors (Lipinski definition) is 1. The molecule has 0 saturated carbocycles. The Morgan fingerprint density at radius 1 is 1.23 bits per heavy atom. The number of piperazine rings is 1. The van der Waals surface area contributed by atoms with Crippen molar-refractivity contribution in [2.75, 3.05) is 33.3 Å². The van der Waals surface area contributed by atoms with Crippen molar-refractivity contribution in [3.63, 3.8) is 0 Å². The van der Waals surface area contributed by atoms with Crippen LogP contribution in [0.5, 0.6) is 5.75 Å². The third-order valence-electron chi connectivity index (χ3n) is 3.84. The minimum Gasteiger partial charge on any atom is -0.494 e. The van der Waals surface area contributed by atoms with Crippen molar-refractivity contribution in [3.05, 3.63) is 52.0 Å². The smallest absolute Gasteiger partial charge is 0.170 e. The van der Waals surface area contributed by atoms with Gasteiger partial charge in [0.2, 0.25) is 0 Å². The second-order valence-corrected chi connectivity index (χ2v) is 6.05. The van der Waals surface area contributed by atoms with E-state index in [1.54, 1.807) is 17.4 Å². The lowest BCUT2D eigenvalue weighted by Gasteiger charge is -2.35. The third-order valence-corrected chi connectivity index (χ3v) is 4.76. The largest absolute Gasteiger partial charge is 0.494 e. The summed E-state index contributed by atoms with van der Waals surface area (Å²) in [6.45, 7) is 3.71. The van der Waals surface area contributed by atoms with Crippen molar-refractivity contribution in [1.29, 1.82) is 0 Å².